The van der Waals surface area contributed by atoms with Crippen molar-refractivity contribution in [3.05, 3.63) is 24.3 Å². The van der Waals surface area contributed by atoms with E-state index in [0.717, 1.165) is 10.6 Å². The van der Waals surface area contributed by atoms with E-state index in [-0.39, 0.29) is 0 Å². The van der Waals surface area contributed by atoms with Crippen molar-refractivity contribution in [2.45, 2.75) is 4.90 Å². The van der Waals surface area contributed by atoms with E-state index in [1.165, 1.54) is 11.0 Å². The van der Waals surface area contributed by atoms with Gasteiger partial charge in [-0.05, 0) is 33.8 Å². The molecule has 1 rings (SSSR count). The Balaban J connectivity index is 2.83. The molecule has 0 aliphatic heterocycles. The predicted molar refractivity (Wildman–Crippen MR) is 48.8 cm³/mol. The van der Waals surface area contributed by atoms with Crippen molar-refractivity contribution in [1.82, 2.24) is 0 Å². The molecule has 0 aliphatic carbocycles. The van der Waals surface area contributed by atoms with Gasteiger partial charge in [0.1, 0.15) is 0 Å². The molecule has 4 heteroatoms. The second-order valence-corrected chi connectivity index (χ2v) is 2.94. The fraction of sp³-hybridized carbons (Fsp3) is 0.143. The Morgan fingerprint density at radius 2 is 2.18 bits per heavy atom. The Kier molecular flexibility index (Phi) is 3.56. The summed E-state index contributed by atoms with van der Waals surface area (Å²) in [6, 6.07) is 7.65. The number of halogens is 1. The summed E-state index contributed by atoms with van der Waals surface area (Å²) in [6.45, 7) is 0. The number of para-hydroxylation sites is 1. The fourth-order valence-corrected chi connectivity index (χ4v) is 1.45. The molecule has 0 bridgehead atoms. The number of benzene rings is 1. The van der Waals surface area contributed by atoms with Crippen molar-refractivity contribution in [2.24, 2.45) is 0 Å². The van der Waals surface area contributed by atoms with E-state index in [4.69, 9.17) is 15.5 Å². The van der Waals surface area contributed by atoms with E-state index in [1.54, 1.807) is 7.11 Å². The second-order valence-electron chi connectivity index (χ2n) is 1.88. The Labute approximate surface area is 74.3 Å². The van der Waals surface area contributed by atoms with E-state index in [1.807, 2.05) is 24.3 Å². The van der Waals surface area contributed by atoms with Gasteiger partial charge < -0.3 is 0 Å². The van der Waals surface area contributed by atoms with Gasteiger partial charge in [0.05, 0.1) is 12.8 Å². The highest BCUT2D eigenvalue weighted by atomic mass is 35.7. The van der Waals surface area contributed by atoms with Crippen LogP contribution in [-0.4, -0.2) is 7.11 Å². The summed E-state index contributed by atoms with van der Waals surface area (Å²) in [5, 5.41) is 0. The Hall–Kier alpha value is -0.380. The topological polar surface area (TPSA) is 21.3 Å². The van der Waals surface area contributed by atoms with Gasteiger partial charge in [0.2, 0.25) is 0 Å². The maximum Gasteiger partial charge on any atom is 0.0752 e. The van der Waals surface area contributed by atoms with E-state index in [0.29, 0.717) is 0 Å². The predicted octanol–water partition coefficient (Wildman–Crippen LogP) is 2.91. The van der Waals surface area contributed by atoms with Gasteiger partial charge >= 0.3 is 0 Å². The summed E-state index contributed by atoms with van der Waals surface area (Å²) in [7, 11) is 8.32. The second kappa shape index (κ2) is 4.49. The van der Waals surface area contributed by atoms with Crippen LogP contribution in [0, 0.1) is 0 Å². The van der Waals surface area contributed by atoms with Crippen LogP contribution >= 0.6 is 21.7 Å². The summed E-state index contributed by atoms with van der Waals surface area (Å²) in [4.78, 5) is 5.70. The first-order valence-corrected chi connectivity index (χ1v) is 4.69. The number of anilines is 1. The quantitative estimate of drug-likeness (QED) is 0.739. The molecule has 0 saturated carbocycles. The zero-order chi connectivity index (χ0) is 8.10. The van der Waals surface area contributed by atoms with Gasteiger partial charge in [-0.2, -0.15) is 0 Å². The normalized spacial score (nSPS) is 9.64. The van der Waals surface area contributed by atoms with Gasteiger partial charge in [0, 0.05) is 4.90 Å². The highest BCUT2D eigenvalue weighted by Gasteiger charge is 1.98. The summed E-state index contributed by atoms with van der Waals surface area (Å²) in [5.41, 5.74) is 3.61. The van der Waals surface area contributed by atoms with E-state index in [9.17, 15) is 0 Å². The molecule has 0 aromatic heterocycles. The average molecular weight is 190 g/mol. The molecule has 1 N–H and O–H groups in total. The molecule has 60 valence electrons. The van der Waals surface area contributed by atoms with Crippen LogP contribution in [-0.2, 0) is 4.84 Å². The molecule has 0 saturated heterocycles. The number of hydrogen-bond donors (Lipinski definition) is 1. The van der Waals surface area contributed by atoms with Crippen molar-refractivity contribution < 1.29 is 4.84 Å². The standard InChI is InChI=1S/C7H8ClNOS/c1-10-9-6-4-2-3-5-7(6)11-8/h2-5,9H,1H3. The minimum absolute atomic E-state index is 0.884. The number of rotatable bonds is 3. The highest BCUT2D eigenvalue weighted by molar-refractivity contribution is 8.21. The zero-order valence-electron chi connectivity index (χ0n) is 6.00. The van der Waals surface area contributed by atoms with Crippen molar-refractivity contribution in [3.63, 3.8) is 0 Å². The lowest BCUT2D eigenvalue weighted by molar-refractivity contribution is 0.270. The Morgan fingerprint density at radius 3 is 2.82 bits per heavy atom. The molecular weight excluding hydrogens is 182 g/mol. The third-order valence-corrected chi connectivity index (χ3v) is 2.20. The van der Waals surface area contributed by atoms with Gasteiger partial charge in [0.25, 0.3) is 0 Å². The van der Waals surface area contributed by atoms with Crippen molar-refractivity contribution >= 4 is 27.3 Å². The lowest BCUT2D eigenvalue weighted by atomic mass is 10.3. The van der Waals surface area contributed by atoms with Crippen LogP contribution in [0.25, 0.3) is 0 Å². The number of nitrogens with one attached hydrogen (secondary N) is 1. The molecule has 0 fully saturated rings. The summed E-state index contributed by atoms with van der Waals surface area (Å²) in [5.74, 6) is 0. The minimum atomic E-state index is 0.884. The maximum absolute atomic E-state index is 5.59. The summed E-state index contributed by atoms with van der Waals surface area (Å²) < 4.78 is 0. The summed E-state index contributed by atoms with van der Waals surface area (Å²) in [6.07, 6.45) is 0. The van der Waals surface area contributed by atoms with Crippen LogP contribution in [0.4, 0.5) is 5.69 Å². The van der Waals surface area contributed by atoms with Crippen molar-refractivity contribution in [1.29, 1.82) is 0 Å². The first-order valence-electron chi connectivity index (χ1n) is 3.05. The van der Waals surface area contributed by atoms with Gasteiger partial charge in [-0.25, -0.2) is 0 Å². The first-order chi connectivity index (χ1) is 5.38. The molecule has 0 spiro atoms. The third-order valence-electron chi connectivity index (χ3n) is 1.18. The van der Waals surface area contributed by atoms with E-state index in [2.05, 4.69) is 5.48 Å². The average Bonchev–Trinajstić information content (AvgIpc) is 2.06. The van der Waals surface area contributed by atoms with E-state index < -0.39 is 0 Å². The molecule has 0 atom stereocenters. The number of hydrogen-bond acceptors (Lipinski definition) is 3. The van der Waals surface area contributed by atoms with Crippen molar-refractivity contribution in [3.8, 4) is 0 Å². The molecule has 0 radical (unpaired) electrons. The molecule has 0 aliphatic rings. The van der Waals surface area contributed by atoms with Crippen LogP contribution in [0.2, 0.25) is 0 Å². The van der Waals surface area contributed by atoms with Crippen LogP contribution in [0.5, 0.6) is 0 Å². The molecule has 1 aromatic carbocycles. The van der Waals surface area contributed by atoms with Crippen LogP contribution in [0.1, 0.15) is 0 Å². The van der Waals surface area contributed by atoms with Crippen LogP contribution in [0.15, 0.2) is 29.2 Å². The lowest BCUT2D eigenvalue weighted by Crippen LogP contribution is -1.95. The molecule has 0 amide bonds. The largest absolute Gasteiger partial charge is 0.279 e. The first kappa shape index (κ1) is 8.71. The maximum atomic E-state index is 5.59. The molecule has 0 unspecified atom stereocenters. The zero-order valence-corrected chi connectivity index (χ0v) is 7.58. The van der Waals surface area contributed by atoms with Gasteiger partial charge in [0.15, 0.2) is 0 Å². The fourth-order valence-electron chi connectivity index (χ4n) is 0.728. The van der Waals surface area contributed by atoms with Gasteiger partial charge in [-0.1, -0.05) is 12.1 Å². The molecule has 2 nitrogen and oxygen atoms in total. The molecular formula is C7H8ClNOS. The van der Waals surface area contributed by atoms with Gasteiger partial charge in [-0.15, -0.1) is 0 Å². The lowest BCUT2D eigenvalue weighted by Gasteiger charge is -2.05. The Morgan fingerprint density at radius 1 is 1.45 bits per heavy atom. The monoisotopic (exact) mass is 189 g/mol. The summed E-state index contributed by atoms with van der Waals surface area (Å²) >= 11 is 0. The smallest absolute Gasteiger partial charge is 0.0752 e. The van der Waals surface area contributed by atoms with Gasteiger partial charge in [-0.3, -0.25) is 10.3 Å². The van der Waals surface area contributed by atoms with Crippen LogP contribution in [0.3, 0.4) is 0 Å². The van der Waals surface area contributed by atoms with Crippen LogP contribution < -0.4 is 5.48 Å². The molecule has 1 aromatic rings. The minimum Gasteiger partial charge on any atom is -0.279 e. The third kappa shape index (κ3) is 2.29. The van der Waals surface area contributed by atoms with E-state index >= 15 is 0 Å². The SMILES string of the molecule is CONc1ccccc1SCl. The molecule has 11 heavy (non-hydrogen) atoms. The highest BCUT2D eigenvalue weighted by Crippen LogP contribution is 2.29. The van der Waals surface area contributed by atoms with Crippen molar-refractivity contribution in [2.75, 3.05) is 12.6 Å². The molecule has 0 heterocycles. The Bertz CT molecular complexity index is 231.